The maximum absolute atomic E-state index is 5.89. The summed E-state index contributed by atoms with van der Waals surface area (Å²) in [6.07, 6.45) is 0. The van der Waals surface area contributed by atoms with Crippen molar-refractivity contribution in [3.8, 4) is 0 Å². The van der Waals surface area contributed by atoms with Gasteiger partial charge in [0.25, 0.3) is 0 Å². The molecule has 0 N–H and O–H groups in total. The molecular formula is C10H12ClNOS. The fourth-order valence-corrected chi connectivity index (χ4v) is 1.62. The summed E-state index contributed by atoms with van der Waals surface area (Å²) in [6, 6.07) is 7.50. The van der Waals surface area contributed by atoms with E-state index in [1.807, 2.05) is 31.2 Å². The second kappa shape index (κ2) is 4.82. The summed E-state index contributed by atoms with van der Waals surface area (Å²) >= 11 is 10.7. The maximum Gasteiger partial charge on any atom is 0.119 e. The average Bonchev–Trinajstić information content (AvgIpc) is 2.18. The lowest BCUT2D eigenvalue weighted by Crippen LogP contribution is -2.24. The van der Waals surface area contributed by atoms with Gasteiger partial charge in [-0.15, -0.1) is 0 Å². The molecule has 1 aromatic carbocycles. The Bertz CT molecular complexity index is 332. The van der Waals surface area contributed by atoms with Crippen LogP contribution in [0.3, 0.4) is 0 Å². The monoisotopic (exact) mass is 229 g/mol. The summed E-state index contributed by atoms with van der Waals surface area (Å²) in [5.41, 5.74) is 0.483. The van der Waals surface area contributed by atoms with Gasteiger partial charge in [0.15, 0.2) is 0 Å². The van der Waals surface area contributed by atoms with Crippen LogP contribution in [-0.2, 0) is 22.7 Å². The first-order chi connectivity index (χ1) is 6.62. The van der Waals surface area contributed by atoms with E-state index in [0.29, 0.717) is 11.6 Å². The highest BCUT2D eigenvalue weighted by molar-refractivity contribution is 7.47. The first-order valence-electron chi connectivity index (χ1n) is 4.22. The molecule has 0 radical (unpaired) electrons. The Morgan fingerprint density at radius 3 is 2.79 bits per heavy atom. The van der Waals surface area contributed by atoms with E-state index >= 15 is 0 Å². The molecule has 0 amide bonds. The van der Waals surface area contributed by atoms with E-state index in [1.165, 1.54) is 0 Å². The number of hydrogen-bond donors (Lipinski definition) is 0. The first kappa shape index (κ1) is 11.6. The third-order valence-corrected chi connectivity index (χ3v) is 2.71. The fourth-order valence-electron chi connectivity index (χ4n) is 1.27. The summed E-state index contributed by atoms with van der Waals surface area (Å²) in [6.45, 7) is 2.38. The van der Waals surface area contributed by atoms with Crippen molar-refractivity contribution < 1.29 is 4.74 Å². The zero-order valence-corrected chi connectivity index (χ0v) is 9.73. The predicted molar refractivity (Wildman–Crippen MR) is 60.5 cm³/mol. The van der Waals surface area contributed by atoms with Crippen molar-refractivity contribution in [2.75, 3.05) is 13.7 Å². The molecule has 1 rings (SSSR count). The Morgan fingerprint density at radius 2 is 2.29 bits per heavy atom. The van der Waals surface area contributed by atoms with Crippen LogP contribution in [0.5, 0.6) is 0 Å². The fraction of sp³-hybridized carbons (Fsp3) is 0.400. The van der Waals surface area contributed by atoms with Gasteiger partial charge in [-0.3, -0.25) is 0 Å². The molecule has 1 aromatic rings. The summed E-state index contributed by atoms with van der Waals surface area (Å²) in [5, 5.41) is 0.684. The van der Waals surface area contributed by atoms with Gasteiger partial charge in [-0.2, -0.15) is 0 Å². The average molecular weight is 230 g/mol. The van der Waals surface area contributed by atoms with E-state index < -0.39 is 5.54 Å². The number of rotatable bonds is 4. The molecule has 0 aliphatic heterocycles. The quantitative estimate of drug-likeness (QED) is 0.792. The van der Waals surface area contributed by atoms with Gasteiger partial charge in [-0.25, -0.2) is 4.36 Å². The predicted octanol–water partition coefficient (Wildman–Crippen LogP) is 2.93. The van der Waals surface area contributed by atoms with E-state index in [1.54, 1.807) is 7.11 Å². The van der Waals surface area contributed by atoms with Crippen molar-refractivity contribution in [1.29, 1.82) is 0 Å². The maximum atomic E-state index is 5.89. The van der Waals surface area contributed by atoms with Crippen LogP contribution in [0.25, 0.3) is 0 Å². The summed E-state index contributed by atoms with van der Waals surface area (Å²) in [4.78, 5) is 0. The lowest BCUT2D eigenvalue weighted by Gasteiger charge is -2.22. The standard InChI is InChI=1S/C10H12ClNOS/c1-10(12-14,7-13-2)8-4-3-5-9(11)6-8/h3-6H,7H2,1-2H3. The molecule has 1 unspecified atom stereocenters. The van der Waals surface area contributed by atoms with E-state index in [9.17, 15) is 0 Å². The molecule has 2 nitrogen and oxygen atoms in total. The summed E-state index contributed by atoms with van der Waals surface area (Å²) in [7, 11) is 1.63. The summed E-state index contributed by atoms with van der Waals surface area (Å²) in [5.74, 6) is 0. The number of halogens is 1. The lowest BCUT2D eigenvalue weighted by atomic mass is 9.94. The number of methoxy groups -OCH3 is 1. The molecule has 0 spiro atoms. The Kier molecular flexibility index (Phi) is 3.98. The lowest BCUT2D eigenvalue weighted by molar-refractivity contribution is 0.143. The molecule has 0 bridgehead atoms. The third-order valence-electron chi connectivity index (χ3n) is 2.07. The molecule has 1 atom stereocenters. The van der Waals surface area contributed by atoms with Crippen LogP contribution < -0.4 is 0 Å². The minimum atomic E-state index is -0.491. The van der Waals surface area contributed by atoms with Gasteiger partial charge in [0.05, 0.1) is 6.61 Å². The van der Waals surface area contributed by atoms with Gasteiger partial charge < -0.3 is 4.74 Å². The van der Waals surface area contributed by atoms with Gasteiger partial charge in [-0.05, 0) is 24.6 Å². The Balaban J connectivity index is 3.05. The zero-order valence-electron chi connectivity index (χ0n) is 8.16. The Labute approximate surface area is 94.4 Å². The van der Waals surface area contributed by atoms with Crippen LogP contribution in [-0.4, -0.2) is 13.7 Å². The highest BCUT2D eigenvalue weighted by atomic mass is 35.5. The van der Waals surface area contributed by atoms with E-state index in [4.69, 9.17) is 28.8 Å². The molecule has 0 aromatic heterocycles. The van der Waals surface area contributed by atoms with Gasteiger partial charge in [-0.1, -0.05) is 23.7 Å². The van der Waals surface area contributed by atoms with Crippen molar-refractivity contribution >= 4 is 24.0 Å². The molecule has 0 fully saturated rings. The van der Waals surface area contributed by atoms with E-state index in [0.717, 1.165) is 5.56 Å². The van der Waals surface area contributed by atoms with E-state index in [2.05, 4.69) is 4.36 Å². The number of benzene rings is 1. The molecule has 0 aliphatic rings. The minimum Gasteiger partial charge on any atom is -0.382 e. The molecule has 0 saturated heterocycles. The van der Waals surface area contributed by atoms with Crippen molar-refractivity contribution in [1.82, 2.24) is 0 Å². The molecule has 0 heterocycles. The Morgan fingerprint density at radius 1 is 1.57 bits per heavy atom. The van der Waals surface area contributed by atoms with Crippen molar-refractivity contribution in [2.45, 2.75) is 12.5 Å². The second-order valence-electron chi connectivity index (χ2n) is 3.31. The molecular weight excluding hydrogens is 218 g/mol. The molecule has 4 heteroatoms. The molecule has 76 valence electrons. The smallest absolute Gasteiger partial charge is 0.119 e. The Hall–Kier alpha value is -0.510. The van der Waals surface area contributed by atoms with Crippen LogP contribution in [0.1, 0.15) is 12.5 Å². The second-order valence-corrected chi connectivity index (χ2v) is 3.93. The zero-order chi connectivity index (χ0) is 10.6. The van der Waals surface area contributed by atoms with Crippen LogP contribution >= 0.6 is 11.6 Å². The van der Waals surface area contributed by atoms with Gasteiger partial charge in [0, 0.05) is 24.6 Å². The van der Waals surface area contributed by atoms with Gasteiger partial charge in [0.2, 0.25) is 0 Å². The van der Waals surface area contributed by atoms with Gasteiger partial charge in [0.1, 0.15) is 5.54 Å². The van der Waals surface area contributed by atoms with Crippen molar-refractivity contribution in [2.24, 2.45) is 4.36 Å². The van der Waals surface area contributed by atoms with Crippen LogP contribution in [0, 0.1) is 0 Å². The minimum absolute atomic E-state index is 0.455. The van der Waals surface area contributed by atoms with Crippen molar-refractivity contribution in [3.63, 3.8) is 0 Å². The molecule has 0 aliphatic carbocycles. The number of hydrogen-bond acceptors (Lipinski definition) is 3. The largest absolute Gasteiger partial charge is 0.382 e. The molecule has 0 saturated carbocycles. The topological polar surface area (TPSA) is 21.6 Å². The highest BCUT2D eigenvalue weighted by Crippen LogP contribution is 2.27. The molecule has 14 heavy (non-hydrogen) atoms. The normalized spacial score (nSPS) is 14.8. The van der Waals surface area contributed by atoms with E-state index in [-0.39, 0.29) is 0 Å². The van der Waals surface area contributed by atoms with Crippen LogP contribution in [0.15, 0.2) is 28.6 Å². The van der Waals surface area contributed by atoms with Crippen LogP contribution in [0.4, 0.5) is 0 Å². The van der Waals surface area contributed by atoms with Crippen molar-refractivity contribution in [3.05, 3.63) is 34.9 Å². The summed E-state index contributed by atoms with van der Waals surface area (Å²) < 4.78 is 9.01. The number of nitrogens with zero attached hydrogens (tertiary/aromatic N) is 1. The SMILES string of the molecule is COCC(C)(N=S)c1cccc(Cl)c1. The number of ether oxygens (including phenoxy) is 1. The van der Waals surface area contributed by atoms with Gasteiger partial charge >= 0.3 is 0 Å². The first-order valence-corrected chi connectivity index (χ1v) is 4.96. The third kappa shape index (κ3) is 2.50. The highest BCUT2D eigenvalue weighted by Gasteiger charge is 2.25. The van der Waals surface area contributed by atoms with Crippen LogP contribution in [0.2, 0.25) is 5.02 Å².